The van der Waals surface area contributed by atoms with Crippen molar-refractivity contribution in [1.82, 2.24) is 0 Å². The minimum atomic E-state index is -4.75. The summed E-state index contributed by atoms with van der Waals surface area (Å²) in [4.78, 5) is 4.22. The summed E-state index contributed by atoms with van der Waals surface area (Å²) in [6.07, 6.45) is -3.84. The van der Waals surface area contributed by atoms with E-state index in [0.29, 0.717) is 0 Å². The van der Waals surface area contributed by atoms with Crippen LogP contribution in [0.5, 0.6) is 5.75 Å². The average molecular weight is 287 g/mol. The summed E-state index contributed by atoms with van der Waals surface area (Å²) < 4.78 is 40.7. The molecule has 0 saturated heterocycles. The summed E-state index contributed by atoms with van der Waals surface area (Å²) in [6.45, 7) is 4.10. The van der Waals surface area contributed by atoms with Crippen LogP contribution < -0.4 is 15.8 Å². The second-order valence-corrected chi connectivity index (χ2v) is 5.39. The van der Waals surface area contributed by atoms with Crippen LogP contribution in [0.15, 0.2) is 29.3 Å². The monoisotopic (exact) mass is 287 g/mol. The maximum absolute atomic E-state index is 12.3. The van der Waals surface area contributed by atoms with E-state index < -0.39 is 6.36 Å². The van der Waals surface area contributed by atoms with Crippen LogP contribution in [-0.2, 0) is 0 Å². The first-order valence-electron chi connectivity index (χ1n) is 6.12. The summed E-state index contributed by atoms with van der Waals surface area (Å²) in [5, 5.41) is 2.64. The van der Waals surface area contributed by atoms with Gasteiger partial charge in [0.15, 0.2) is 11.7 Å². The van der Waals surface area contributed by atoms with E-state index in [2.05, 4.69) is 28.9 Å². The smallest absolute Gasteiger partial charge is 0.404 e. The first-order chi connectivity index (χ1) is 9.17. The number of ether oxygens (including phenoxy) is 1. The SMILES string of the molecule is CC1(C)C[C@@H]1N=C(N)Nc1ccccc1OC(F)(F)F. The number of benzene rings is 1. The first-order valence-corrected chi connectivity index (χ1v) is 6.12. The Bertz CT molecular complexity index is 526. The van der Waals surface area contributed by atoms with E-state index in [9.17, 15) is 13.2 Å². The van der Waals surface area contributed by atoms with E-state index in [1.54, 1.807) is 6.07 Å². The number of alkyl halides is 3. The van der Waals surface area contributed by atoms with Crippen LogP contribution in [0.3, 0.4) is 0 Å². The quantitative estimate of drug-likeness (QED) is 0.663. The van der Waals surface area contributed by atoms with E-state index in [1.165, 1.54) is 18.2 Å². The van der Waals surface area contributed by atoms with Gasteiger partial charge in [-0.2, -0.15) is 0 Å². The zero-order valence-electron chi connectivity index (χ0n) is 11.2. The van der Waals surface area contributed by atoms with Crippen LogP contribution in [-0.4, -0.2) is 18.4 Å². The molecule has 1 saturated carbocycles. The van der Waals surface area contributed by atoms with Crippen LogP contribution in [0.4, 0.5) is 18.9 Å². The van der Waals surface area contributed by atoms with Crippen molar-refractivity contribution in [2.45, 2.75) is 32.7 Å². The normalized spacial score (nSPS) is 21.4. The van der Waals surface area contributed by atoms with Gasteiger partial charge in [-0.1, -0.05) is 26.0 Å². The molecule has 1 aromatic rings. The zero-order valence-corrected chi connectivity index (χ0v) is 11.2. The van der Waals surface area contributed by atoms with Gasteiger partial charge in [0, 0.05) is 0 Å². The number of anilines is 1. The van der Waals surface area contributed by atoms with Crippen molar-refractivity contribution in [3.63, 3.8) is 0 Å². The van der Waals surface area contributed by atoms with Crippen LogP contribution in [0, 0.1) is 5.41 Å². The van der Waals surface area contributed by atoms with Crippen molar-refractivity contribution in [1.29, 1.82) is 0 Å². The Kier molecular flexibility index (Phi) is 3.54. The fraction of sp³-hybridized carbons (Fsp3) is 0.462. The lowest BCUT2D eigenvalue weighted by atomic mass is 10.2. The van der Waals surface area contributed by atoms with Gasteiger partial charge in [-0.25, -0.2) is 4.99 Å². The van der Waals surface area contributed by atoms with Gasteiger partial charge in [0.2, 0.25) is 0 Å². The highest BCUT2D eigenvalue weighted by molar-refractivity contribution is 5.93. The molecule has 1 aliphatic carbocycles. The number of rotatable bonds is 3. The minimum absolute atomic E-state index is 0.0822. The van der Waals surface area contributed by atoms with E-state index in [-0.39, 0.29) is 28.9 Å². The van der Waals surface area contributed by atoms with Gasteiger partial charge in [-0.15, -0.1) is 13.2 Å². The lowest BCUT2D eigenvalue weighted by Gasteiger charge is -2.14. The molecular formula is C13H16F3N3O. The second kappa shape index (κ2) is 4.88. The van der Waals surface area contributed by atoms with Crippen LogP contribution in [0.1, 0.15) is 20.3 Å². The predicted octanol–water partition coefficient (Wildman–Crippen LogP) is 3.11. The maximum atomic E-state index is 12.3. The number of para-hydroxylation sites is 2. The fourth-order valence-electron chi connectivity index (χ4n) is 1.78. The molecule has 0 spiro atoms. The second-order valence-electron chi connectivity index (χ2n) is 5.39. The molecule has 0 bridgehead atoms. The van der Waals surface area contributed by atoms with Gasteiger partial charge >= 0.3 is 6.36 Å². The summed E-state index contributed by atoms with van der Waals surface area (Å²) in [5.74, 6) is -0.257. The summed E-state index contributed by atoms with van der Waals surface area (Å²) >= 11 is 0. The molecule has 20 heavy (non-hydrogen) atoms. The van der Waals surface area contributed by atoms with Crippen molar-refractivity contribution in [3.8, 4) is 5.75 Å². The summed E-state index contributed by atoms with van der Waals surface area (Å²) in [6, 6.07) is 5.79. The topological polar surface area (TPSA) is 59.6 Å². The largest absolute Gasteiger partial charge is 0.573 e. The van der Waals surface area contributed by atoms with Gasteiger partial charge in [-0.3, -0.25) is 0 Å². The van der Waals surface area contributed by atoms with E-state index >= 15 is 0 Å². The third-order valence-electron chi connectivity index (χ3n) is 3.13. The number of aliphatic imine (C=N–C) groups is 1. The zero-order chi connectivity index (χ0) is 15.0. The molecule has 0 aromatic heterocycles. The van der Waals surface area contributed by atoms with Gasteiger partial charge in [0.05, 0.1) is 11.7 Å². The Morgan fingerprint density at radius 1 is 1.40 bits per heavy atom. The number of hydrogen-bond donors (Lipinski definition) is 2. The molecular weight excluding hydrogens is 271 g/mol. The van der Waals surface area contributed by atoms with Crippen LogP contribution in [0.2, 0.25) is 0 Å². The highest BCUT2D eigenvalue weighted by Gasteiger charge is 2.46. The molecule has 1 aliphatic rings. The number of hydrogen-bond acceptors (Lipinski definition) is 2. The molecule has 0 radical (unpaired) electrons. The first kappa shape index (κ1) is 14.5. The number of nitrogens with two attached hydrogens (primary N) is 1. The third kappa shape index (κ3) is 3.79. The van der Waals surface area contributed by atoms with Gasteiger partial charge in [0.1, 0.15) is 0 Å². The lowest BCUT2D eigenvalue weighted by Crippen LogP contribution is -2.25. The third-order valence-corrected chi connectivity index (χ3v) is 3.13. The minimum Gasteiger partial charge on any atom is -0.404 e. The predicted molar refractivity (Wildman–Crippen MR) is 70.6 cm³/mol. The molecule has 1 fully saturated rings. The van der Waals surface area contributed by atoms with Crippen molar-refractivity contribution < 1.29 is 17.9 Å². The molecule has 1 atom stereocenters. The number of nitrogens with zero attached hydrogens (tertiary/aromatic N) is 1. The molecule has 110 valence electrons. The molecule has 1 aromatic carbocycles. The standard InChI is InChI=1S/C13H16F3N3O/c1-12(2)7-10(12)19-11(17)18-8-5-3-4-6-9(8)20-13(14,15)16/h3-6,10H,7H2,1-2H3,(H3,17,18,19)/t10-/m0/s1. The average Bonchev–Trinajstić information content (AvgIpc) is 2.86. The number of guanidine groups is 1. The van der Waals surface area contributed by atoms with Crippen LogP contribution in [0.25, 0.3) is 0 Å². The van der Waals surface area contributed by atoms with Crippen molar-refractivity contribution in [2.24, 2.45) is 16.1 Å². The van der Waals surface area contributed by atoms with E-state index in [0.717, 1.165) is 6.42 Å². The fourth-order valence-corrected chi connectivity index (χ4v) is 1.78. The maximum Gasteiger partial charge on any atom is 0.573 e. The molecule has 0 heterocycles. The Morgan fingerprint density at radius 2 is 2.00 bits per heavy atom. The Balaban J connectivity index is 2.09. The highest BCUT2D eigenvalue weighted by Crippen LogP contribution is 2.47. The molecule has 0 aliphatic heterocycles. The number of nitrogens with one attached hydrogen (secondary N) is 1. The molecule has 3 N–H and O–H groups in total. The van der Waals surface area contributed by atoms with Crippen LogP contribution >= 0.6 is 0 Å². The van der Waals surface area contributed by atoms with Gasteiger partial charge in [0.25, 0.3) is 0 Å². The Morgan fingerprint density at radius 3 is 2.55 bits per heavy atom. The summed E-state index contributed by atoms with van der Waals surface area (Å²) in [7, 11) is 0. The van der Waals surface area contributed by atoms with Crippen molar-refractivity contribution in [2.75, 3.05) is 5.32 Å². The van der Waals surface area contributed by atoms with E-state index in [4.69, 9.17) is 5.73 Å². The Labute approximate surface area is 114 Å². The molecule has 0 amide bonds. The van der Waals surface area contributed by atoms with Gasteiger partial charge in [-0.05, 0) is 24.0 Å². The van der Waals surface area contributed by atoms with Crippen molar-refractivity contribution >= 4 is 11.6 Å². The molecule has 0 unspecified atom stereocenters. The molecule has 4 nitrogen and oxygen atoms in total. The van der Waals surface area contributed by atoms with Gasteiger partial charge < -0.3 is 15.8 Å². The van der Waals surface area contributed by atoms with Crippen molar-refractivity contribution in [3.05, 3.63) is 24.3 Å². The Hall–Kier alpha value is -1.92. The number of halogens is 3. The lowest BCUT2D eigenvalue weighted by molar-refractivity contribution is -0.274. The molecule has 2 rings (SSSR count). The molecule has 7 heteroatoms. The van der Waals surface area contributed by atoms with E-state index in [1.807, 2.05) is 0 Å². The summed E-state index contributed by atoms with van der Waals surface area (Å²) in [5.41, 5.74) is 5.94. The highest BCUT2D eigenvalue weighted by atomic mass is 19.4.